The van der Waals surface area contributed by atoms with Crippen molar-refractivity contribution in [3.8, 4) is 17.2 Å². The van der Waals surface area contributed by atoms with Crippen molar-refractivity contribution in [2.75, 3.05) is 11.9 Å². The lowest BCUT2D eigenvalue weighted by Crippen LogP contribution is -2.17. The van der Waals surface area contributed by atoms with Crippen LogP contribution in [0.15, 0.2) is 91.0 Å². The summed E-state index contributed by atoms with van der Waals surface area (Å²) in [5, 5.41) is 10.1. The Morgan fingerprint density at radius 3 is 1.95 bits per heavy atom. The molecule has 0 saturated carbocycles. The van der Waals surface area contributed by atoms with E-state index in [0.29, 0.717) is 10.6 Å². The maximum absolute atomic E-state index is 13.2. The first-order chi connectivity index (χ1) is 18.0. The zero-order chi connectivity index (χ0) is 27.4. The second kappa shape index (κ2) is 10.9. The van der Waals surface area contributed by atoms with E-state index in [1.807, 2.05) is 24.1 Å². The van der Waals surface area contributed by atoms with E-state index in [4.69, 9.17) is 16.3 Å². The van der Waals surface area contributed by atoms with E-state index >= 15 is 0 Å². The highest BCUT2D eigenvalue weighted by atomic mass is 35.5. The SMILES string of the molecule is CN(c1ccc(Cl)cc1)c1ccc(C(=O)c2cc(Oc3cccc(OC(F)(F)F)c3)cc(C(=O)O)c2)cc1. The van der Waals surface area contributed by atoms with Crippen LogP contribution in [0.4, 0.5) is 24.5 Å². The summed E-state index contributed by atoms with van der Waals surface area (Å²) < 4.78 is 47.1. The number of aromatic carboxylic acids is 1. The zero-order valence-electron chi connectivity index (χ0n) is 19.7. The van der Waals surface area contributed by atoms with Crippen molar-refractivity contribution in [1.82, 2.24) is 0 Å². The van der Waals surface area contributed by atoms with E-state index < -0.39 is 23.9 Å². The van der Waals surface area contributed by atoms with Crippen molar-refractivity contribution in [2.45, 2.75) is 6.36 Å². The van der Waals surface area contributed by atoms with Gasteiger partial charge in [0, 0.05) is 40.6 Å². The van der Waals surface area contributed by atoms with Crippen LogP contribution in [0, 0.1) is 0 Å². The van der Waals surface area contributed by atoms with Crippen molar-refractivity contribution in [3.05, 3.63) is 113 Å². The Hall–Kier alpha value is -4.50. The van der Waals surface area contributed by atoms with Crippen LogP contribution in [-0.4, -0.2) is 30.3 Å². The molecule has 38 heavy (non-hydrogen) atoms. The number of anilines is 2. The number of hydrogen-bond acceptors (Lipinski definition) is 5. The van der Waals surface area contributed by atoms with Gasteiger partial charge in [-0.1, -0.05) is 17.7 Å². The number of halogens is 4. The molecule has 0 fully saturated rings. The topological polar surface area (TPSA) is 76.1 Å². The maximum Gasteiger partial charge on any atom is 0.573 e. The standard InChI is InChI=1S/C28H19ClF3NO5/c1-33(22-11-7-20(29)8-12-22)21-9-5-17(6-10-21)26(34)18-13-19(27(35)36)15-25(14-18)37-23-3-2-4-24(16-23)38-28(30,31)32/h2-16H,1H3,(H,35,36). The molecule has 0 atom stereocenters. The molecular formula is C28H19ClF3NO5. The van der Waals surface area contributed by atoms with Crippen LogP contribution in [0.2, 0.25) is 5.02 Å². The van der Waals surface area contributed by atoms with Gasteiger partial charge in [0.15, 0.2) is 5.78 Å². The fourth-order valence-electron chi connectivity index (χ4n) is 3.60. The Labute approximate surface area is 220 Å². The first-order valence-electron chi connectivity index (χ1n) is 11.0. The number of benzene rings is 4. The third kappa shape index (κ3) is 6.63. The average Bonchev–Trinajstić information content (AvgIpc) is 2.87. The van der Waals surface area contributed by atoms with Gasteiger partial charge in [0.2, 0.25) is 0 Å². The van der Waals surface area contributed by atoms with Crippen molar-refractivity contribution in [3.63, 3.8) is 0 Å². The molecule has 4 rings (SSSR count). The quantitative estimate of drug-likeness (QED) is 0.230. The maximum atomic E-state index is 13.2. The second-order valence-corrected chi connectivity index (χ2v) is 8.52. The smallest absolute Gasteiger partial charge is 0.478 e. The van der Waals surface area contributed by atoms with Gasteiger partial charge in [-0.15, -0.1) is 13.2 Å². The fourth-order valence-corrected chi connectivity index (χ4v) is 3.73. The van der Waals surface area contributed by atoms with Crippen molar-refractivity contribution >= 4 is 34.7 Å². The van der Waals surface area contributed by atoms with E-state index in [1.54, 1.807) is 36.4 Å². The first-order valence-corrected chi connectivity index (χ1v) is 11.4. The molecule has 6 nitrogen and oxygen atoms in total. The molecule has 0 bridgehead atoms. The molecule has 0 saturated heterocycles. The van der Waals surface area contributed by atoms with Gasteiger partial charge in [-0.05, 0) is 78.9 Å². The summed E-state index contributed by atoms with van der Waals surface area (Å²) in [6.45, 7) is 0. The predicted octanol–water partition coefficient (Wildman–Crippen LogP) is 7.73. The number of nitrogens with zero attached hydrogens (tertiary/aromatic N) is 1. The van der Waals surface area contributed by atoms with Crippen LogP contribution in [0.5, 0.6) is 17.2 Å². The van der Waals surface area contributed by atoms with Crippen molar-refractivity contribution in [1.29, 1.82) is 0 Å². The summed E-state index contributed by atoms with van der Waals surface area (Å²) in [7, 11) is 1.86. The van der Waals surface area contributed by atoms with Gasteiger partial charge in [0.1, 0.15) is 17.2 Å². The number of carbonyl (C=O) groups excluding carboxylic acids is 1. The summed E-state index contributed by atoms with van der Waals surface area (Å²) in [6.07, 6.45) is -4.89. The van der Waals surface area contributed by atoms with E-state index in [1.165, 1.54) is 30.3 Å². The molecule has 10 heteroatoms. The van der Waals surface area contributed by atoms with E-state index in [9.17, 15) is 27.9 Å². The number of carboxylic acid groups (broad SMARTS) is 1. The van der Waals surface area contributed by atoms with Crippen LogP contribution < -0.4 is 14.4 Å². The predicted molar refractivity (Wildman–Crippen MR) is 136 cm³/mol. The number of hydrogen-bond donors (Lipinski definition) is 1. The van der Waals surface area contributed by atoms with Crippen LogP contribution >= 0.6 is 11.6 Å². The Morgan fingerprint density at radius 2 is 1.34 bits per heavy atom. The Bertz CT molecular complexity index is 1470. The molecule has 0 aliphatic heterocycles. The van der Waals surface area contributed by atoms with E-state index in [0.717, 1.165) is 23.5 Å². The normalized spacial score (nSPS) is 11.1. The fraction of sp³-hybridized carbons (Fsp3) is 0.0714. The highest BCUT2D eigenvalue weighted by molar-refractivity contribution is 6.30. The number of ketones is 1. The molecule has 0 aliphatic rings. The number of alkyl halides is 3. The monoisotopic (exact) mass is 541 g/mol. The summed E-state index contributed by atoms with van der Waals surface area (Å²) in [4.78, 5) is 26.8. The van der Waals surface area contributed by atoms with Crippen molar-refractivity contribution in [2.24, 2.45) is 0 Å². The Balaban J connectivity index is 1.58. The van der Waals surface area contributed by atoms with Gasteiger partial charge < -0.3 is 19.5 Å². The minimum absolute atomic E-state index is 0.0291. The third-order valence-corrected chi connectivity index (χ3v) is 5.67. The summed E-state index contributed by atoms with van der Waals surface area (Å²) in [6, 6.07) is 22.4. The molecular weight excluding hydrogens is 523 g/mol. The van der Waals surface area contributed by atoms with Gasteiger partial charge >= 0.3 is 12.3 Å². The summed E-state index contributed by atoms with van der Waals surface area (Å²) in [5.41, 5.74) is 1.78. The molecule has 0 aromatic heterocycles. The Kier molecular flexibility index (Phi) is 7.59. The molecule has 194 valence electrons. The molecule has 1 N–H and O–H groups in total. The average molecular weight is 542 g/mol. The molecule has 0 radical (unpaired) electrons. The summed E-state index contributed by atoms with van der Waals surface area (Å²) in [5.74, 6) is -2.37. The van der Waals surface area contributed by atoms with Gasteiger partial charge in [0.25, 0.3) is 0 Å². The van der Waals surface area contributed by atoms with Crippen LogP contribution in [0.25, 0.3) is 0 Å². The van der Waals surface area contributed by atoms with E-state index in [2.05, 4.69) is 4.74 Å². The zero-order valence-corrected chi connectivity index (χ0v) is 20.5. The lowest BCUT2D eigenvalue weighted by molar-refractivity contribution is -0.274. The number of rotatable bonds is 8. The second-order valence-electron chi connectivity index (χ2n) is 8.09. The highest BCUT2D eigenvalue weighted by Gasteiger charge is 2.31. The number of carboxylic acids is 1. The molecule has 4 aromatic rings. The molecule has 0 amide bonds. The van der Waals surface area contributed by atoms with Crippen LogP contribution in [-0.2, 0) is 0 Å². The van der Waals surface area contributed by atoms with Gasteiger partial charge in [-0.2, -0.15) is 0 Å². The molecule has 0 heterocycles. The number of carbonyl (C=O) groups is 2. The van der Waals surface area contributed by atoms with Crippen LogP contribution in [0.1, 0.15) is 26.3 Å². The van der Waals surface area contributed by atoms with Crippen LogP contribution in [0.3, 0.4) is 0 Å². The van der Waals surface area contributed by atoms with Gasteiger partial charge in [-0.25, -0.2) is 4.79 Å². The minimum atomic E-state index is -4.89. The first kappa shape index (κ1) is 26.6. The van der Waals surface area contributed by atoms with E-state index in [-0.39, 0.29) is 22.6 Å². The van der Waals surface area contributed by atoms with Gasteiger partial charge in [0.05, 0.1) is 5.56 Å². The Morgan fingerprint density at radius 1 is 0.763 bits per heavy atom. The largest absolute Gasteiger partial charge is 0.573 e. The molecule has 0 unspecified atom stereocenters. The lowest BCUT2D eigenvalue weighted by atomic mass is 10.0. The highest BCUT2D eigenvalue weighted by Crippen LogP contribution is 2.31. The van der Waals surface area contributed by atoms with Crippen molar-refractivity contribution < 1.29 is 37.3 Å². The third-order valence-electron chi connectivity index (χ3n) is 5.42. The molecule has 0 spiro atoms. The number of ether oxygens (including phenoxy) is 2. The lowest BCUT2D eigenvalue weighted by Gasteiger charge is -2.19. The molecule has 0 aliphatic carbocycles. The van der Waals surface area contributed by atoms with Gasteiger partial charge in [-0.3, -0.25) is 4.79 Å². The minimum Gasteiger partial charge on any atom is -0.478 e. The summed E-state index contributed by atoms with van der Waals surface area (Å²) >= 11 is 5.94. The molecule has 4 aromatic carbocycles.